The molecule has 0 bridgehead atoms. The fourth-order valence-corrected chi connectivity index (χ4v) is 3.62. The quantitative estimate of drug-likeness (QED) is 0.0860. The van der Waals surface area contributed by atoms with Crippen molar-refractivity contribution in [1.29, 1.82) is 0 Å². The highest BCUT2D eigenvalue weighted by Gasteiger charge is 2.32. The van der Waals surface area contributed by atoms with E-state index in [9.17, 15) is 0 Å². The molecule has 1 aliphatic heterocycles. The average molecular weight is 675 g/mol. The molecular weight excluding hydrogens is 612 g/mol. The molecule has 46 heavy (non-hydrogen) atoms. The molecule has 15 heteroatoms. The Balaban J connectivity index is 1.61. The number of rotatable bonds is 38. The third-order valence-electron chi connectivity index (χ3n) is 5.89. The van der Waals surface area contributed by atoms with Gasteiger partial charge >= 0.3 is 0 Å². The molecule has 0 aromatic rings. The lowest BCUT2D eigenvalue weighted by Gasteiger charge is -2.17. The van der Waals surface area contributed by atoms with Crippen LogP contribution in [-0.4, -0.2) is 191 Å². The Kier molecular flexibility index (Phi) is 32.3. The van der Waals surface area contributed by atoms with E-state index in [4.69, 9.17) is 71.1 Å². The monoisotopic (exact) mass is 674 g/mol. The number of hydrogen-bond acceptors (Lipinski definition) is 15. The first-order valence-electron chi connectivity index (χ1n) is 16.4. The third-order valence-corrected chi connectivity index (χ3v) is 5.89. The molecule has 0 aliphatic carbocycles. The minimum Gasteiger partial charge on any atom is -0.382 e. The summed E-state index contributed by atoms with van der Waals surface area (Å²) in [6, 6.07) is 0. The van der Waals surface area contributed by atoms with E-state index in [-0.39, 0.29) is 6.10 Å². The minimum absolute atomic E-state index is 0.0176. The van der Waals surface area contributed by atoms with Crippen LogP contribution in [0, 0.1) is 0 Å². The molecule has 1 saturated heterocycles. The van der Waals surface area contributed by atoms with E-state index < -0.39 is 5.79 Å². The summed E-state index contributed by atoms with van der Waals surface area (Å²) < 4.78 is 81.6. The van der Waals surface area contributed by atoms with Crippen molar-refractivity contribution >= 4 is 0 Å². The summed E-state index contributed by atoms with van der Waals surface area (Å²) in [6.45, 7) is 17.4. The zero-order valence-corrected chi connectivity index (χ0v) is 28.6. The number of ether oxygens (including phenoxy) is 15. The maximum Gasteiger partial charge on any atom is 0.163 e. The van der Waals surface area contributed by atoms with Crippen molar-refractivity contribution in [1.82, 2.24) is 0 Å². The van der Waals surface area contributed by atoms with Crippen molar-refractivity contribution in [2.75, 3.05) is 179 Å². The summed E-state index contributed by atoms with van der Waals surface area (Å²) in [4.78, 5) is 0. The summed E-state index contributed by atoms with van der Waals surface area (Å²) in [5, 5.41) is 0. The van der Waals surface area contributed by atoms with E-state index in [2.05, 4.69) is 0 Å². The Labute approximate surface area is 275 Å². The van der Waals surface area contributed by atoms with Crippen molar-refractivity contribution in [3.05, 3.63) is 0 Å². The lowest BCUT2D eigenvalue weighted by atomic mass is 10.4. The third kappa shape index (κ3) is 32.0. The van der Waals surface area contributed by atoms with Gasteiger partial charge in [-0.3, -0.25) is 0 Å². The molecule has 0 amide bonds. The van der Waals surface area contributed by atoms with E-state index in [1.54, 1.807) is 7.11 Å². The maximum absolute atomic E-state index is 5.67. The van der Waals surface area contributed by atoms with Gasteiger partial charge in [0.1, 0.15) is 6.10 Å². The lowest BCUT2D eigenvalue weighted by molar-refractivity contribution is -0.145. The molecule has 15 nitrogen and oxygen atoms in total. The topological polar surface area (TPSA) is 138 Å². The highest BCUT2D eigenvalue weighted by Crippen LogP contribution is 2.22. The van der Waals surface area contributed by atoms with E-state index in [1.807, 2.05) is 13.8 Å². The fraction of sp³-hybridized carbons (Fsp3) is 1.00. The van der Waals surface area contributed by atoms with Crippen LogP contribution >= 0.6 is 0 Å². The highest BCUT2D eigenvalue weighted by molar-refractivity contribution is 4.70. The zero-order chi connectivity index (χ0) is 33.1. The first-order chi connectivity index (χ1) is 22.6. The molecule has 1 unspecified atom stereocenters. The molecule has 276 valence electrons. The van der Waals surface area contributed by atoms with Crippen molar-refractivity contribution in [3.63, 3.8) is 0 Å². The van der Waals surface area contributed by atoms with Crippen LogP contribution < -0.4 is 0 Å². The predicted molar refractivity (Wildman–Crippen MR) is 167 cm³/mol. The second kappa shape index (κ2) is 34.3. The molecule has 1 rings (SSSR count). The maximum atomic E-state index is 5.67. The molecule has 0 spiro atoms. The lowest BCUT2D eigenvalue weighted by Crippen LogP contribution is -2.24. The molecular formula is C31H62O15. The van der Waals surface area contributed by atoms with Crippen LogP contribution in [0.5, 0.6) is 0 Å². The number of hydrogen-bond donors (Lipinski definition) is 0. The smallest absolute Gasteiger partial charge is 0.163 e. The van der Waals surface area contributed by atoms with Crippen LogP contribution in [0.3, 0.4) is 0 Å². The highest BCUT2D eigenvalue weighted by atomic mass is 16.7. The van der Waals surface area contributed by atoms with Crippen LogP contribution in [0.2, 0.25) is 0 Å². The number of methoxy groups -OCH3 is 1. The van der Waals surface area contributed by atoms with Crippen molar-refractivity contribution in [2.45, 2.75) is 25.7 Å². The van der Waals surface area contributed by atoms with Gasteiger partial charge in [-0.05, 0) is 13.8 Å². The van der Waals surface area contributed by atoms with Crippen LogP contribution in [0.25, 0.3) is 0 Å². The average Bonchev–Trinajstić information content (AvgIpc) is 3.40. The second-order valence-corrected chi connectivity index (χ2v) is 10.3. The van der Waals surface area contributed by atoms with Crippen molar-refractivity contribution in [3.8, 4) is 0 Å². The SMILES string of the molecule is COCCOCCOCCOCCOCCOCCOCCOCCOCCOCCOCCOCCOCC1COC(C)(C)O1. The first-order valence-corrected chi connectivity index (χ1v) is 16.4. The van der Waals surface area contributed by atoms with Crippen molar-refractivity contribution in [2.24, 2.45) is 0 Å². The Morgan fingerprint density at radius 2 is 0.630 bits per heavy atom. The summed E-state index contributed by atoms with van der Waals surface area (Å²) in [6.07, 6.45) is -0.0176. The molecule has 0 saturated carbocycles. The van der Waals surface area contributed by atoms with Crippen molar-refractivity contribution < 1.29 is 71.1 Å². The van der Waals surface area contributed by atoms with Crippen LogP contribution in [0.15, 0.2) is 0 Å². The Morgan fingerprint density at radius 1 is 0.391 bits per heavy atom. The van der Waals surface area contributed by atoms with Crippen LogP contribution in [0.1, 0.15) is 13.8 Å². The van der Waals surface area contributed by atoms with Gasteiger partial charge in [0.2, 0.25) is 0 Å². The van der Waals surface area contributed by atoms with Gasteiger partial charge in [-0.2, -0.15) is 0 Å². The largest absolute Gasteiger partial charge is 0.382 e. The van der Waals surface area contributed by atoms with E-state index >= 15 is 0 Å². The van der Waals surface area contributed by atoms with Gasteiger partial charge in [0, 0.05) is 7.11 Å². The molecule has 1 fully saturated rings. The Morgan fingerprint density at radius 3 is 0.848 bits per heavy atom. The van der Waals surface area contributed by atoms with E-state index in [0.29, 0.717) is 172 Å². The molecule has 0 radical (unpaired) electrons. The molecule has 0 aromatic heterocycles. The molecule has 1 heterocycles. The van der Waals surface area contributed by atoms with Gasteiger partial charge in [-0.25, -0.2) is 0 Å². The summed E-state index contributed by atoms with van der Waals surface area (Å²) >= 11 is 0. The molecule has 1 atom stereocenters. The predicted octanol–water partition coefficient (Wildman–Crippen LogP) is 0.984. The van der Waals surface area contributed by atoms with E-state index in [0.717, 1.165) is 0 Å². The van der Waals surface area contributed by atoms with Gasteiger partial charge in [0.15, 0.2) is 5.79 Å². The second-order valence-electron chi connectivity index (χ2n) is 10.3. The van der Waals surface area contributed by atoms with E-state index in [1.165, 1.54) is 0 Å². The minimum atomic E-state index is -0.518. The Hall–Kier alpha value is -0.600. The van der Waals surface area contributed by atoms with Gasteiger partial charge in [0.05, 0.1) is 172 Å². The van der Waals surface area contributed by atoms with Crippen LogP contribution in [-0.2, 0) is 71.1 Å². The van der Waals surface area contributed by atoms with Gasteiger partial charge in [-0.15, -0.1) is 0 Å². The summed E-state index contributed by atoms with van der Waals surface area (Å²) in [5.41, 5.74) is 0. The zero-order valence-electron chi connectivity index (χ0n) is 28.6. The van der Waals surface area contributed by atoms with Gasteiger partial charge < -0.3 is 71.1 Å². The summed E-state index contributed by atoms with van der Waals surface area (Å²) in [5.74, 6) is -0.518. The standard InChI is InChI=1S/C31H62O15/c1-31(2)45-29-30(46-31)28-44-27-26-43-25-24-42-23-22-41-21-20-40-19-18-39-17-16-38-15-14-37-13-12-36-11-10-35-9-8-34-7-6-33-5-4-32-3/h30H,4-29H2,1-3H3. The fourth-order valence-electron chi connectivity index (χ4n) is 3.62. The van der Waals surface area contributed by atoms with Gasteiger partial charge in [0.25, 0.3) is 0 Å². The molecule has 0 N–H and O–H groups in total. The molecule has 1 aliphatic rings. The Bertz CT molecular complexity index is 602. The molecule has 0 aromatic carbocycles. The van der Waals surface area contributed by atoms with Gasteiger partial charge in [-0.1, -0.05) is 0 Å². The normalized spacial score (nSPS) is 16.1. The summed E-state index contributed by atoms with van der Waals surface area (Å²) in [7, 11) is 1.65. The first kappa shape index (κ1) is 43.4. The van der Waals surface area contributed by atoms with Crippen LogP contribution in [0.4, 0.5) is 0 Å².